The molecule has 1 heterocycles. The van der Waals surface area contributed by atoms with E-state index in [2.05, 4.69) is 10.2 Å². The van der Waals surface area contributed by atoms with Crippen molar-refractivity contribution in [2.75, 3.05) is 19.6 Å². The van der Waals surface area contributed by atoms with Gasteiger partial charge in [-0.05, 0) is 37.5 Å². The summed E-state index contributed by atoms with van der Waals surface area (Å²) in [4.78, 5) is 14.3. The summed E-state index contributed by atoms with van der Waals surface area (Å²) in [5.74, 6) is 2.12. The van der Waals surface area contributed by atoms with Crippen LogP contribution < -0.4 is 5.32 Å². The Morgan fingerprint density at radius 3 is 2.61 bits per heavy atom. The third kappa shape index (κ3) is 3.05. The highest BCUT2D eigenvalue weighted by Crippen LogP contribution is 2.36. The van der Waals surface area contributed by atoms with Gasteiger partial charge in [-0.2, -0.15) is 0 Å². The van der Waals surface area contributed by atoms with Crippen LogP contribution in [0.2, 0.25) is 0 Å². The predicted molar refractivity (Wildman–Crippen MR) is 72.3 cm³/mol. The molecule has 1 N–H and O–H groups in total. The van der Waals surface area contributed by atoms with E-state index in [1.807, 2.05) is 0 Å². The smallest absolute Gasteiger partial charge is 0.223 e. The standard InChI is InChI=1S/C15H26N2O/c18-15(7-9-16-14-5-6-14)17-10-8-12-3-1-2-4-13(12)11-17/h12-14,16H,1-11H2. The lowest BCUT2D eigenvalue weighted by Gasteiger charge is -2.41. The Labute approximate surface area is 110 Å². The van der Waals surface area contributed by atoms with Crippen molar-refractivity contribution in [3.05, 3.63) is 0 Å². The molecule has 0 spiro atoms. The van der Waals surface area contributed by atoms with E-state index in [1.165, 1.54) is 44.9 Å². The van der Waals surface area contributed by atoms with Gasteiger partial charge >= 0.3 is 0 Å². The molecule has 0 aromatic rings. The molecule has 102 valence electrons. The summed E-state index contributed by atoms with van der Waals surface area (Å²) >= 11 is 0. The molecule has 0 aromatic heterocycles. The maximum Gasteiger partial charge on any atom is 0.223 e. The number of carbonyl (C=O) groups excluding carboxylic acids is 1. The molecule has 3 fully saturated rings. The molecule has 1 aliphatic heterocycles. The molecular weight excluding hydrogens is 224 g/mol. The van der Waals surface area contributed by atoms with E-state index in [1.54, 1.807) is 0 Å². The summed E-state index contributed by atoms with van der Waals surface area (Å²) in [6.07, 6.45) is 10.1. The van der Waals surface area contributed by atoms with Gasteiger partial charge in [-0.15, -0.1) is 0 Å². The monoisotopic (exact) mass is 250 g/mol. The van der Waals surface area contributed by atoms with Crippen molar-refractivity contribution < 1.29 is 4.79 Å². The van der Waals surface area contributed by atoms with Crippen molar-refractivity contribution in [1.82, 2.24) is 10.2 Å². The molecule has 18 heavy (non-hydrogen) atoms. The van der Waals surface area contributed by atoms with Gasteiger partial charge in [0.25, 0.3) is 0 Å². The lowest BCUT2D eigenvalue weighted by atomic mass is 9.75. The second kappa shape index (κ2) is 5.60. The van der Waals surface area contributed by atoms with Crippen LogP contribution in [0.5, 0.6) is 0 Å². The minimum atomic E-state index is 0.382. The molecule has 2 saturated carbocycles. The van der Waals surface area contributed by atoms with Crippen LogP contribution in [-0.2, 0) is 4.79 Å². The number of hydrogen-bond donors (Lipinski definition) is 1. The third-order valence-corrected chi connectivity index (χ3v) is 4.99. The van der Waals surface area contributed by atoms with Crippen LogP contribution in [-0.4, -0.2) is 36.5 Å². The highest BCUT2D eigenvalue weighted by molar-refractivity contribution is 5.76. The molecule has 0 radical (unpaired) electrons. The fraction of sp³-hybridized carbons (Fsp3) is 0.933. The topological polar surface area (TPSA) is 32.3 Å². The normalized spacial score (nSPS) is 32.1. The molecule has 2 unspecified atom stereocenters. The Bertz CT molecular complexity index is 301. The zero-order valence-electron chi connectivity index (χ0n) is 11.4. The van der Waals surface area contributed by atoms with Gasteiger partial charge in [-0.25, -0.2) is 0 Å². The fourth-order valence-electron chi connectivity index (χ4n) is 3.66. The van der Waals surface area contributed by atoms with Crippen molar-refractivity contribution in [2.24, 2.45) is 11.8 Å². The van der Waals surface area contributed by atoms with E-state index < -0.39 is 0 Å². The van der Waals surface area contributed by atoms with Crippen LogP contribution in [0.4, 0.5) is 0 Å². The van der Waals surface area contributed by atoms with Crippen molar-refractivity contribution in [3.8, 4) is 0 Å². The highest BCUT2D eigenvalue weighted by Gasteiger charge is 2.32. The number of fused-ring (bicyclic) bond motifs is 1. The average Bonchev–Trinajstić information content (AvgIpc) is 3.22. The summed E-state index contributed by atoms with van der Waals surface area (Å²) < 4.78 is 0. The number of likely N-dealkylation sites (tertiary alicyclic amines) is 1. The maximum atomic E-state index is 12.2. The molecule has 2 aliphatic carbocycles. The van der Waals surface area contributed by atoms with Gasteiger partial charge in [0.05, 0.1) is 0 Å². The minimum absolute atomic E-state index is 0.382. The van der Waals surface area contributed by atoms with Gasteiger partial charge in [0.1, 0.15) is 0 Å². The van der Waals surface area contributed by atoms with Crippen molar-refractivity contribution in [2.45, 2.75) is 57.4 Å². The van der Waals surface area contributed by atoms with Gasteiger partial charge in [0, 0.05) is 32.1 Å². The second-order valence-corrected chi connectivity index (χ2v) is 6.41. The number of piperidine rings is 1. The van der Waals surface area contributed by atoms with E-state index in [0.717, 1.165) is 37.5 Å². The second-order valence-electron chi connectivity index (χ2n) is 6.41. The van der Waals surface area contributed by atoms with E-state index in [-0.39, 0.29) is 0 Å². The highest BCUT2D eigenvalue weighted by atomic mass is 16.2. The Balaban J connectivity index is 1.42. The molecule has 3 rings (SSSR count). The van der Waals surface area contributed by atoms with Gasteiger partial charge in [-0.1, -0.05) is 19.3 Å². The van der Waals surface area contributed by atoms with E-state index in [9.17, 15) is 4.79 Å². The Morgan fingerprint density at radius 2 is 1.83 bits per heavy atom. The van der Waals surface area contributed by atoms with Crippen LogP contribution in [0.25, 0.3) is 0 Å². The lowest BCUT2D eigenvalue weighted by Crippen LogP contribution is -2.45. The first-order chi connectivity index (χ1) is 8.83. The van der Waals surface area contributed by atoms with E-state index >= 15 is 0 Å². The van der Waals surface area contributed by atoms with Gasteiger partial charge in [-0.3, -0.25) is 4.79 Å². The summed E-state index contributed by atoms with van der Waals surface area (Å²) in [5, 5.41) is 3.44. The largest absolute Gasteiger partial charge is 0.342 e. The fourth-order valence-corrected chi connectivity index (χ4v) is 3.66. The summed E-state index contributed by atoms with van der Waals surface area (Å²) in [7, 11) is 0. The zero-order valence-corrected chi connectivity index (χ0v) is 11.4. The number of nitrogens with zero attached hydrogens (tertiary/aromatic N) is 1. The van der Waals surface area contributed by atoms with Crippen LogP contribution in [0.15, 0.2) is 0 Å². The molecule has 3 aliphatic rings. The van der Waals surface area contributed by atoms with Crippen molar-refractivity contribution in [3.63, 3.8) is 0 Å². The molecule has 3 nitrogen and oxygen atoms in total. The van der Waals surface area contributed by atoms with Crippen molar-refractivity contribution in [1.29, 1.82) is 0 Å². The molecule has 1 saturated heterocycles. The molecule has 0 bridgehead atoms. The van der Waals surface area contributed by atoms with E-state index in [4.69, 9.17) is 0 Å². The number of rotatable bonds is 4. The first kappa shape index (κ1) is 12.5. The summed E-state index contributed by atoms with van der Waals surface area (Å²) in [6.45, 7) is 2.95. The van der Waals surface area contributed by atoms with E-state index in [0.29, 0.717) is 12.3 Å². The van der Waals surface area contributed by atoms with Crippen LogP contribution in [0.3, 0.4) is 0 Å². The molecule has 1 amide bonds. The number of nitrogens with one attached hydrogen (secondary N) is 1. The Kier molecular flexibility index (Phi) is 3.88. The third-order valence-electron chi connectivity index (χ3n) is 4.99. The van der Waals surface area contributed by atoms with Gasteiger partial charge < -0.3 is 10.2 Å². The number of amides is 1. The first-order valence-electron chi connectivity index (χ1n) is 7.84. The SMILES string of the molecule is O=C(CCNC1CC1)N1CCC2CCCCC2C1. The quantitative estimate of drug-likeness (QED) is 0.829. The minimum Gasteiger partial charge on any atom is -0.342 e. The summed E-state index contributed by atoms with van der Waals surface area (Å²) in [6, 6.07) is 0.724. The molecular formula is C15H26N2O. The molecule has 2 atom stereocenters. The van der Waals surface area contributed by atoms with Gasteiger partial charge in [0.2, 0.25) is 5.91 Å². The lowest BCUT2D eigenvalue weighted by molar-refractivity contribution is -0.134. The molecule has 3 heteroatoms. The first-order valence-corrected chi connectivity index (χ1v) is 7.84. The Hall–Kier alpha value is -0.570. The Morgan fingerprint density at radius 1 is 1.06 bits per heavy atom. The molecule has 0 aromatic carbocycles. The average molecular weight is 250 g/mol. The van der Waals surface area contributed by atoms with Crippen LogP contribution >= 0.6 is 0 Å². The maximum absolute atomic E-state index is 12.2. The van der Waals surface area contributed by atoms with Crippen LogP contribution in [0.1, 0.15) is 51.4 Å². The zero-order chi connectivity index (χ0) is 12.4. The van der Waals surface area contributed by atoms with Crippen LogP contribution in [0, 0.1) is 11.8 Å². The number of hydrogen-bond acceptors (Lipinski definition) is 2. The predicted octanol–water partition coefficient (Wildman–Crippen LogP) is 2.17. The van der Waals surface area contributed by atoms with Gasteiger partial charge in [0.15, 0.2) is 0 Å². The number of carbonyl (C=O) groups is 1. The van der Waals surface area contributed by atoms with Crippen molar-refractivity contribution >= 4 is 5.91 Å². The summed E-state index contributed by atoms with van der Waals surface area (Å²) in [5.41, 5.74) is 0.